The largest absolute Gasteiger partial charge is 0.444 e. The second-order valence-electron chi connectivity index (χ2n) is 7.07. The Hall–Kier alpha value is -3.01. The maximum atomic E-state index is 13.1. The lowest BCUT2D eigenvalue weighted by atomic mass is 10.1. The number of hydrogen-bond donors (Lipinski definition) is 1. The lowest BCUT2D eigenvalue weighted by Gasteiger charge is -2.22. The molecule has 0 aromatic heterocycles. The van der Waals surface area contributed by atoms with Crippen molar-refractivity contribution in [3.63, 3.8) is 0 Å². The Balaban J connectivity index is 2.26. The van der Waals surface area contributed by atoms with Crippen LogP contribution in [0.3, 0.4) is 0 Å². The van der Waals surface area contributed by atoms with Gasteiger partial charge in [0.25, 0.3) is 5.91 Å². The monoisotopic (exact) mass is 398 g/mol. The summed E-state index contributed by atoms with van der Waals surface area (Å²) in [6.45, 7) is 9.17. The summed E-state index contributed by atoms with van der Waals surface area (Å²) in [6.07, 6.45) is 0.845. The van der Waals surface area contributed by atoms with Gasteiger partial charge in [0.2, 0.25) is 0 Å². The standard InChI is InChI=1S/C22H23ClN2O3/c1-5-14-25(15-16-10-12-17(23)13-11-16)20(26)18-8-6-7-9-19(18)24-21(27)28-22(2,3)4/h6-14H,1,15H2,2-4H3,(H,24,27). The molecular formula is C22H23ClN2O3. The van der Waals surface area contributed by atoms with Gasteiger partial charge in [-0.25, -0.2) is 4.79 Å². The summed E-state index contributed by atoms with van der Waals surface area (Å²) >= 11 is 5.92. The van der Waals surface area contributed by atoms with Crippen LogP contribution in [-0.2, 0) is 11.3 Å². The molecule has 0 saturated carbocycles. The number of halogens is 1. The van der Waals surface area contributed by atoms with E-state index in [2.05, 4.69) is 17.6 Å². The number of hydrogen-bond acceptors (Lipinski definition) is 3. The van der Waals surface area contributed by atoms with Gasteiger partial charge in [0.05, 0.1) is 17.8 Å². The molecule has 2 aromatic carbocycles. The molecule has 5 nitrogen and oxygen atoms in total. The minimum atomic E-state index is -0.644. The summed E-state index contributed by atoms with van der Waals surface area (Å²) in [5, 5.41) is 3.26. The van der Waals surface area contributed by atoms with Crippen LogP contribution in [0.2, 0.25) is 5.02 Å². The SMILES string of the molecule is C=C=CN(Cc1ccc(Cl)cc1)C(=O)c1ccccc1NC(=O)OC(C)(C)C. The number of carbonyl (C=O) groups excluding carboxylic acids is 2. The van der Waals surface area contributed by atoms with Crippen LogP contribution in [-0.4, -0.2) is 22.5 Å². The molecule has 0 saturated heterocycles. The van der Waals surface area contributed by atoms with Crippen LogP contribution in [0.1, 0.15) is 36.7 Å². The smallest absolute Gasteiger partial charge is 0.412 e. The fourth-order valence-corrected chi connectivity index (χ4v) is 2.55. The predicted octanol–water partition coefficient (Wildman–Crippen LogP) is 5.63. The number of nitrogens with zero attached hydrogens (tertiary/aromatic N) is 1. The van der Waals surface area contributed by atoms with Crippen molar-refractivity contribution in [2.75, 3.05) is 5.32 Å². The molecule has 0 aliphatic carbocycles. The highest BCUT2D eigenvalue weighted by Gasteiger charge is 2.21. The summed E-state index contributed by atoms with van der Waals surface area (Å²) in [4.78, 5) is 26.7. The summed E-state index contributed by atoms with van der Waals surface area (Å²) in [5.41, 5.74) is 3.57. The molecule has 146 valence electrons. The summed E-state index contributed by atoms with van der Waals surface area (Å²) < 4.78 is 5.27. The van der Waals surface area contributed by atoms with Crippen molar-refractivity contribution in [2.45, 2.75) is 32.9 Å². The Morgan fingerprint density at radius 1 is 1.18 bits per heavy atom. The summed E-state index contributed by atoms with van der Waals surface area (Å²) in [5.74, 6) is -0.308. The molecule has 28 heavy (non-hydrogen) atoms. The van der Waals surface area contributed by atoms with Gasteiger partial charge in [0.1, 0.15) is 5.60 Å². The number of anilines is 1. The molecule has 0 atom stereocenters. The number of rotatable bonds is 5. The number of ether oxygens (including phenoxy) is 1. The van der Waals surface area contributed by atoms with E-state index in [4.69, 9.17) is 16.3 Å². The summed E-state index contributed by atoms with van der Waals surface area (Å²) in [6, 6.07) is 13.9. The lowest BCUT2D eigenvalue weighted by Crippen LogP contribution is -2.29. The molecule has 0 aliphatic heterocycles. The number of carbonyl (C=O) groups is 2. The van der Waals surface area contributed by atoms with E-state index in [0.717, 1.165) is 5.56 Å². The van der Waals surface area contributed by atoms with Crippen molar-refractivity contribution in [2.24, 2.45) is 0 Å². The molecule has 0 unspecified atom stereocenters. The van der Waals surface area contributed by atoms with Crippen molar-refractivity contribution in [3.05, 3.63) is 83.2 Å². The van der Waals surface area contributed by atoms with E-state index < -0.39 is 11.7 Å². The molecular weight excluding hydrogens is 376 g/mol. The Kier molecular flexibility index (Phi) is 7.05. The zero-order chi connectivity index (χ0) is 20.7. The van der Waals surface area contributed by atoms with E-state index in [1.807, 2.05) is 12.1 Å². The van der Waals surface area contributed by atoms with Gasteiger partial charge in [-0.2, -0.15) is 0 Å². The average molecular weight is 399 g/mol. The van der Waals surface area contributed by atoms with Gasteiger partial charge in [-0.15, -0.1) is 5.73 Å². The van der Waals surface area contributed by atoms with E-state index in [1.54, 1.807) is 57.2 Å². The van der Waals surface area contributed by atoms with Crippen molar-refractivity contribution in [3.8, 4) is 0 Å². The van der Waals surface area contributed by atoms with Crippen LogP contribution in [0.5, 0.6) is 0 Å². The van der Waals surface area contributed by atoms with E-state index in [-0.39, 0.29) is 5.91 Å². The fourth-order valence-electron chi connectivity index (χ4n) is 2.42. The van der Waals surface area contributed by atoms with E-state index in [1.165, 1.54) is 11.1 Å². The first-order chi connectivity index (χ1) is 13.2. The van der Waals surface area contributed by atoms with Crippen molar-refractivity contribution in [1.29, 1.82) is 0 Å². The van der Waals surface area contributed by atoms with Gasteiger partial charge in [0, 0.05) is 11.2 Å². The fraction of sp³-hybridized carbons (Fsp3) is 0.227. The van der Waals surface area contributed by atoms with Gasteiger partial charge in [-0.3, -0.25) is 10.1 Å². The first-order valence-electron chi connectivity index (χ1n) is 8.70. The molecule has 0 heterocycles. The topological polar surface area (TPSA) is 58.6 Å². The van der Waals surface area contributed by atoms with Crippen LogP contribution in [0.15, 0.2) is 67.0 Å². The lowest BCUT2D eigenvalue weighted by molar-refractivity contribution is 0.0636. The van der Waals surface area contributed by atoms with Crippen molar-refractivity contribution >= 4 is 29.3 Å². The average Bonchev–Trinajstić information content (AvgIpc) is 2.61. The summed E-state index contributed by atoms with van der Waals surface area (Å²) in [7, 11) is 0. The minimum Gasteiger partial charge on any atom is -0.444 e. The maximum absolute atomic E-state index is 13.1. The van der Waals surface area contributed by atoms with Gasteiger partial charge >= 0.3 is 6.09 Å². The van der Waals surface area contributed by atoms with E-state index >= 15 is 0 Å². The first-order valence-corrected chi connectivity index (χ1v) is 9.08. The Bertz CT molecular complexity index is 895. The van der Waals surface area contributed by atoms with Crippen LogP contribution < -0.4 is 5.32 Å². The molecule has 0 bridgehead atoms. The molecule has 1 N–H and O–H groups in total. The Morgan fingerprint density at radius 3 is 2.43 bits per heavy atom. The number of benzene rings is 2. The van der Waals surface area contributed by atoms with Gasteiger partial charge in [-0.1, -0.05) is 42.4 Å². The zero-order valence-electron chi connectivity index (χ0n) is 16.2. The van der Waals surface area contributed by atoms with Crippen LogP contribution >= 0.6 is 11.6 Å². The number of para-hydroxylation sites is 1. The molecule has 2 aromatic rings. The maximum Gasteiger partial charge on any atom is 0.412 e. The zero-order valence-corrected chi connectivity index (χ0v) is 16.9. The quantitative estimate of drug-likeness (QED) is 0.664. The van der Waals surface area contributed by atoms with Crippen LogP contribution in [0.25, 0.3) is 0 Å². The van der Waals surface area contributed by atoms with Crippen LogP contribution in [0, 0.1) is 0 Å². The van der Waals surface area contributed by atoms with E-state index in [0.29, 0.717) is 22.8 Å². The van der Waals surface area contributed by atoms with Gasteiger partial charge < -0.3 is 9.64 Å². The third kappa shape index (κ3) is 6.31. The third-order valence-corrected chi connectivity index (χ3v) is 3.82. The van der Waals surface area contributed by atoms with Crippen molar-refractivity contribution in [1.82, 2.24) is 4.90 Å². The first kappa shape index (κ1) is 21.3. The second-order valence-corrected chi connectivity index (χ2v) is 7.50. The molecule has 0 fully saturated rings. The van der Waals surface area contributed by atoms with Crippen LogP contribution in [0.4, 0.5) is 10.5 Å². The highest BCUT2D eigenvalue weighted by Crippen LogP contribution is 2.21. The number of amides is 2. The highest BCUT2D eigenvalue weighted by molar-refractivity contribution is 6.30. The minimum absolute atomic E-state index is 0.305. The molecule has 2 amide bonds. The van der Waals surface area contributed by atoms with Gasteiger partial charge in [0.15, 0.2) is 0 Å². The third-order valence-electron chi connectivity index (χ3n) is 3.57. The normalized spacial score (nSPS) is 10.6. The number of nitrogens with one attached hydrogen (secondary N) is 1. The Morgan fingerprint density at radius 2 is 1.82 bits per heavy atom. The Labute approximate surface area is 170 Å². The highest BCUT2D eigenvalue weighted by atomic mass is 35.5. The molecule has 2 rings (SSSR count). The molecule has 0 aliphatic rings. The molecule has 0 radical (unpaired) electrons. The van der Waals surface area contributed by atoms with Crippen molar-refractivity contribution < 1.29 is 14.3 Å². The molecule has 0 spiro atoms. The second kappa shape index (κ2) is 9.27. The molecule has 6 heteroatoms. The van der Waals surface area contributed by atoms with Gasteiger partial charge in [-0.05, 0) is 50.6 Å². The van der Waals surface area contributed by atoms with E-state index in [9.17, 15) is 9.59 Å². The predicted molar refractivity (Wildman–Crippen MR) is 111 cm³/mol.